The number of carbonyl (C=O) groups excluding carboxylic acids is 1. The number of nitrogens with two attached hydrogens (primary N) is 1. The number of anilines is 1. The zero-order valence-corrected chi connectivity index (χ0v) is 10.7. The van der Waals surface area contributed by atoms with E-state index in [1.807, 2.05) is 0 Å². The summed E-state index contributed by atoms with van der Waals surface area (Å²) in [5.74, 6) is -0.464. The maximum atomic E-state index is 11.8. The van der Waals surface area contributed by atoms with Crippen LogP contribution < -0.4 is 5.73 Å². The van der Waals surface area contributed by atoms with Gasteiger partial charge in [0.1, 0.15) is 6.10 Å². The van der Waals surface area contributed by atoms with Gasteiger partial charge in [0.05, 0.1) is 5.56 Å². The molecule has 1 rings (SSSR count). The van der Waals surface area contributed by atoms with Crippen molar-refractivity contribution in [3.8, 4) is 0 Å². The van der Waals surface area contributed by atoms with Gasteiger partial charge in [0, 0.05) is 30.8 Å². The van der Waals surface area contributed by atoms with Gasteiger partial charge in [0.15, 0.2) is 0 Å². The van der Waals surface area contributed by atoms with E-state index in [1.165, 1.54) is 6.07 Å². The zero-order valence-electron chi connectivity index (χ0n) is 9.90. The van der Waals surface area contributed by atoms with Crippen molar-refractivity contribution in [2.24, 2.45) is 0 Å². The molecule has 0 spiro atoms. The van der Waals surface area contributed by atoms with Crippen LogP contribution in [0.3, 0.4) is 0 Å². The number of ether oxygens (including phenoxy) is 2. The first-order valence-electron chi connectivity index (χ1n) is 5.29. The Morgan fingerprint density at radius 2 is 2.24 bits per heavy atom. The lowest BCUT2D eigenvalue weighted by atomic mass is 10.2. The molecule has 1 aromatic rings. The molecule has 0 heterocycles. The van der Waals surface area contributed by atoms with Crippen molar-refractivity contribution in [2.75, 3.05) is 19.5 Å². The highest BCUT2D eigenvalue weighted by molar-refractivity contribution is 6.31. The zero-order chi connectivity index (χ0) is 12.8. The second-order valence-electron chi connectivity index (χ2n) is 3.73. The van der Waals surface area contributed by atoms with E-state index in [9.17, 15) is 4.79 Å². The summed E-state index contributed by atoms with van der Waals surface area (Å²) in [6.07, 6.45) is 0.420. The van der Waals surface area contributed by atoms with Gasteiger partial charge in [-0.05, 0) is 25.1 Å². The molecule has 1 aromatic carbocycles. The first-order chi connectivity index (χ1) is 8.04. The molecule has 4 nitrogen and oxygen atoms in total. The van der Waals surface area contributed by atoms with Gasteiger partial charge in [-0.25, -0.2) is 4.79 Å². The lowest BCUT2D eigenvalue weighted by molar-refractivity contribution is 0.0268. The topological polar surface area (TPSA) is 61.5 Å². The van der Waals surface area contributed by atoms with Crippen LogP contribution in [0.2, 0.25) is 5.02 Å². The van der Waals surface area contributed by atoms with Crippen LogP contribution in [0.15, 0.2) is 18.2 Å². The van der Waals surface area contributed by atoms with Gasteiger partial charge in [-0.15, -0.1) is 0 Å². The monoisotopic (exact) mass is 257 g/mol. The molecular formula is C12H16ClNO3. The Hall–Kier alpha value is -1.26. The second kappa shape index (κ2) is 6.47. The summed E-state index contributed by atoms with van der Waals surface area (Å²) >= 11 is 5.80. The van der Waals surface area contributed by atoms with Crippen molar-refractivity contribution in [3.63, 3.8) is 0 Å². The van der Waals surface area contributed by atoms with Gasteiger partial charge >= 0.3 is 5.97 Å². The molecule has 0 aliphatic heterocycles. The summed E-state index contributed by atoms with van der Waals surface area (Å²) in [5, 5.41) is 0.454. The molecule has 0 radical (unpaired) electrons. The normalized spacial score (nSPS) is 12.2. The Labute approximate surface area is 106 Å². The standard InChI is InChI=1S/C12H16ClNO3/c1-8(5-6-16-2)17-12(15)10-7-9(13)3-4-11(10)14/h3-4,7-8H,5-6,14H2,1-2H3. The quantitative estimate of drug-likeness (QED) is 0.650. The lowest BCUT2D eigenvalue weighted by Gasteiger charge is -2.13. The van der Waals surface area contributed by atoms with E-state index in [0.717, 1.165) is 0 Å². The first-order valence-corrected chi connectivity index (χ1v) is 5.67. The van der Waals surface area contributed by atoms with Crippen molar-refractivity contribution in [1.82, 2.24) is 0 Å². The predicted octanol–water partition coefficient (Wildman–Crippen LogP) is 2.50. The number of halogens is 1. The first kappa shape index (κ1) is 13.8. The molecule has 17 heavy (non-hydrogen) atoms. The van der Waals surface area contributed by atoms with Crippen LogP contribution in [0.25, 0.3) is 0 Å². The second-order valence-corrected chi connectivity index (χ2v) is 4.17. The Bertz CT molecular complexity index is 395. The molecule has 1 atom stereocenters. The van der Waals surface area contributed by atoms with E-state index >= 15 is 0 Å². The molecule has 0 saturated heterocycles. The molecule has 0 saturated carbocycles. The molecule has 0 fully saturated rings. The summed E-state index contributed by atoms with van der Waals surface area (Å²) in [7, 11) is 1.60. The maximum Gasteiger partial charge on any atom is 0.340 e. The molecule has 0 aliphatic rings. The van der Waals surface area contributed by atoms with Crippen LogP contribution in [0, 0.1) is 0 Å². The fraction of sp³-hybridized carbons (Fsp3) is 0.417. The van der Waals surface area contributed by atoms with Gasteiger partial charge < -0.3 is 15.2 Å². The third-order valence-electron chi connectivity index (χ3n) is 2.27. The highest BCUT2D eigenvalue weighted by Gasteiger charge is 2.15. The fourth-order valence-corrected chi connectivity index (χ4v) is 1.47. The summed E-state index contributed by atoms with van der Waals surface area (Å²) in [6, 6.07) is 4.71. The minimum atomic E-state index is -0.464. The van der Waals surface area contributed by atoms with Crippen molar-refractivity contribution in [2.45, 2.75) is 19.4 Å². The van der Waals surface area contributed by atoms with E-state index in [-0.39, 0.29) is 6.10 Å². The van der Waals surface area contributed by atoms with Crippen LogP contribution in [0.4, 0.5) is 5.69 Å². The molecule has 94 valence electrons. The average molecular weight is 258 g/mol. The number of rotatable bonds is 5. The molecule has 5 heteroatoms. The fourth-order valence-electron chi connectivity index (χ4n) is 1.29. The van der Waals surface area contributed by atoms with Crippen LogP contribution in [0.5, 0.6) is 0 Å². The number of methoxy groups -OCH3 is 1. The van der Waals surface area contributed by atoms with E-state index in [2.05, 4.69) is 0 Å². The Morgan fingerprint density at radius 3 is 2.88 bits per heavy atom. The number of carbonyl (C=O) groups is 1. The average Bonchev–Trinajstić information content (AvgIpc) is 2.29. The van der Waals surface area contributed by atoms with Gasteiger partial charge in [-0.3, -0.25) is 0 Å². The van der Waals surface area contributed by atoms with Gasteiger partial charge in [0.2, 0.25) is 0 Å². The molecular weight excluding hydrogens is 242 g/mol. The number of hydrogen-bond donors (Lipinski definition) is 1. The van der Waals surface area contributed by atoms with E-state index in [0.29, 0.717) is 29.3 Å². The summed E-state index contributed by atoms with van der Waals surface area (Å²) in [5.41, 5.74) is 6.33. The molecule has 1 unspecified atom stereocenters. The predicted molar refractivity (Wildman–Crippen MR) is 67.2 cm³/mol. The van der Waals surface area contributed by atoms with Crippen LogP contribution in [-0.2, 0) is 9.47 Å². The third-order valence-corrected chi connectivity index (χ3v) is 2.51. The Balaban J connectivity index is 2.66. The van der Waals surface area contributed by atoms with E-state index < -0.39 is 5.97 Å². The molecule has 0 aromatic heterocycles. The summed E-state index contributed by atoms with van der Waals surface area (Å²) in [6.45, 7) is 2.34. The van der Waals surface area contributed by atoms with Crippen LogP contribution in [-0.4, -0.2) is 25.8 Å². The lowest BCUT2D eigenvalue weighted by Crippen LogP contribution is -2.17. The van der Waals surface area contributed by atoms with Crippen LogP contribution in [0.1, 0.15) is 23.7 Å². The highest BCUT2D eigenvalue weighted by atomic mass is 35.5. The van der Waals surface area contributed by atoms with Crippen molar-refractivity contribution < 1.29 is 14.3 Å². The van der Waals surface area contributed by atoms with Gasteiger partial charge in [-0.1, -0.05) is 11.6 Å². The Kier molecular flexibility index (Phi) is 5.25. The number of nitrogen functional groups attached to an aromatic ring is 1. The van der Waals surface area contributed by atoms with E-state index in [4.69, 9.17) is 26.8 Å². The molecule has 0 amide bonds. The summed E-state index contributed by atoms with van der Waals surface area (Å²) in [4.78, 5) is 11.8. The minimum absolute atomic E-state index is 0.221. The number of hydrogen-bond acceptors (Lipinski definition) is 4. The van der Waals surface area contributed by atoms with Crippen molar-refractivity contribution in [1.29, 1.82) is 0 Å². The SMILES string of the molecule is COCCC(C)OC(=O)c1cc(Cl)ccc1N. The maximum absolute atomic E-state index is 11.8. The molecule has 0 aliphatic carbocycles. The molecule has 0 bridgehead atoms. The van der Waals surface area contributed by atoms with Gasteiger partial charge in [0.25, 0.3) is 0 Å². The highest BCUT2D eigenvalue weighted by Crippen LogP contribution is 2.19. The van der Waals surface area contributed by atoms with Crippen molar-refractivity contribution >= 4 is 23.3 Å². The minimum Gasteiger partial charge on any atom is -0.459 e. The smallest absolute Gasteiger partial charge is 0.340 e. The number of esters is 1. The van der Waals surface area contributed by atoms with E-state index in [1.54, 1.807) is 26.2 Å². The molecule has 2 N–H and O–H groups in total. The van der Waals surface area contributed by atoms with Gasteiger partial charge in [-0.2, -0.15) is 0 Å². The van der Waals surface area contributed by atoms with Crippen LogP contribution >= 0.6 is 11.6 Å². The Morgan fingerprint density at radius 1 is 1.53 bits per heavy atom. The number of benzene rings is 1. The third kappa shape index (κ3) is 4.24. The largest absolute Gasteiger partial charge is 0.459 e. The summed E-state index contributed by atoms with van der Waals surface area (Å²) < 4.78 is 10.1. The van der Waals surface area contributed by atoms with Crippen molar-refractivity contribution in [3.05, 3.63) is 28.8 Å².